The van der Waals surface area contributed by atoms with Crippen LogP contribution in [0.1, 0.15) is 0 Å². The molecule has 108 valence electrons. The summed E-state index contributed by atoms with van der Waals surface area (Å²) in [7, 11) is 1.43. The summed E-state index contributed by atoms with van der Waals surface area (Å²) >= 11 is 0. The molecule has 0 fully saturated rings. The van der Waals surface area contributed by atoms with E-state index in [1.54, 1.807) is 12.1 Å². The van der Waals surface area contributed by atoms with Crippen molar-refractivity contribution in [2.75, 3.05) is 7.11 Å². The number of phenolic OH excluding ortho intramolecular Hbond substituents is 1. The fourth-order valence-electron chi connectivity index (χ4n) is 2.13. The van der Waals surface area contributed by atoms with Crippen LogP contribution < -0.4 is 10.2 Å². The van der Waals surface area contributed by atoms with E-state index in [0.717, 1.165) is 5.56 Å². The lowest BCUT2D eigenvalue weighted by atomic mass is 10.1. The van der Waals surface area contributed by atoms with Gasteiger partial charge >= 0.3 is 0 Å². The Hall–Kier alpha value is -2.79. The van der Waals surface area contributed by atoms with Crippen molar-refractivity contribution in [2.45, 2.75) is 0 Å². The molecule has 5 nitrogen and oxygen atoms in total. The molecule has 3 N–H and O–H groups in total. The van der Waals surface area contributed by atoms with E-state index >= 15 is 0 Å². The second-order valence-electron chi connectivity index (χ2n) is 4.33. The Labute approximate surface area is 120 Å². The van der Waals surface area contributed by atoms with Crippen molar-refractivity contribution in [3.8, 4) is 22.8 Å². The van der Waals surface area contributed by atoms with Crippen molar-refractivity contribution in [1.82, 2.24) is 0 Å². The van der Waals surface area contributed by atoms with Crippen molar-refractivity contribution in [1.29, 1.82) is 0 Å². The third kappa shape index (κ3) is 2.46. The average Bonchev–Trinajstić information content (AvgIpc) is 2.48. The molecule has 0 bridgehead atoms. The summed E-state index contributed by atoms with van der Waals surface area (Å²) in [6.45, 7) is 0. The topological polar surface area (TPSA) is 91.2 Å². The van der Waals surface area contributed by atoms with Gasteiger partial charge in [-0.15, -0.1) is 0 Å². The molecule has 0 saturated carbocycles. The Bertz CT molecular complexity index is 821. The number of rotatable bonds is 2. The lowest BCUT2D eigenvalue weighted by Gasteiger charge is -2.07. The minimum atomic E-state index is -0.304. The predicted octanol–water partition coefficient (Wildman–Crippen LogP) is 2.35. The van der Waals surface area contributed by atoms with Crippen LogP contribution in [0.25, 0.3) is 22.3 Å². The molecule has 1 heterocycles. The molecule has 0 spiro atoms. The molecule has 3 rings (SSSR count). The number of methoxy groups -OCH3 is 1. The van der Waals surface area contributed by atoms with Gasteiger partial charge in [-0.1, -0.05) is 30.3 Å². The first-order valence-electron chi connectivity index (χ1n) is 6.10. The van der Waals surface area contributed by atoms with Gasteiger partial charge in [-0.25, -0.2) is 0 Å². The maximum Gasteiger partial charge on any atom is 0.197 e. The molecule has 3 aromatic rings. The number of ether oxygens (including phenoxy) is 1. The van der Waals surface area contributed by atoms with Crippen LogP contribution in [0.15, 0.2) is 57.7 Å². The fourth-order valence-corrected chi connectivity index (χ4v) is 2.13. The maximum absolute atomic E-state index is 12.2. The van der Waals surface area contributed by atoms with Crippen molar-refractivity contribution < 1.29 is 19.7 Å². The van der Waals surface area contributed by atoms with Crippen LogP contribution in [-0.4, -0.2) is 17.7 Å². The lowest BCUT2D eigenvalue weighted by Crippen LogP contribution is -2.01. The summed E-state index contributed by atoms with van der Waals surface area (Å²) in [5, 5.41) is 10.1. The quantitative estimate of drug-likeness (QED) is 0.782. The van der Waals surface area contributed by atoms with E-state index < -0.39 is 0 Å². The largest absolute Gasteiger partial charge is 0.504 e. The average molecular weight is 286 g/mol. The first kappa shape index (κ1) is 14.6. The Morgan fingerprint density at radius 3 is 2.48 bits per heavy atom. The number of hydrogen-bond donors (Lipinski definition) is 1. The molecule has 0 atom stereocenters. The number of aromatic hydroxyl groups is 1. The van der Waals surface area contributed by atoms with Gasteiger partial charge in [0.15, 0.2) is 16.9 Å². The fraction of sp³-hybridized carbons (Fsp3) is 0.0625. The summed E-state index contributed by atoms with van der Waals surface area (Å²) in [5.74, 6) is 0.517. The molecule has 5 heteroatoms. The van der Waals surface area contributed by atoms with Crippen LogP contribution in [0.3, 0.4) is 0 Å². The first-order valence-corrected chi connectivity index (χ1v) is 6.10. The van der Waals surface area contributed by atoms with E-state index in [2.05, 4.69) is 0 Å². The summed E-state index contributed by atoms with van der Waals surface area (Å²) in [5.41, 5.74) is 0.831. The Morgan fingerprint density at radius 1 is 1.10 bits per heavy atom. The van der Waals surface area contributed by atoms with Crippen LogP contribution in [0, 0.1) is 0 Å². The Morgan fingerprint density at radius 2 is 1.81 bits per heavy atom. The highest BCUT2D eigenvalue weighted by Gasteiger charge is 2.13. The standard InChI is InChI=1S/C16H12O4.H2O/c1-19-13-8-7-12-15(16(13)18)11(17)9-14(20-12)10-5-3-2-4-6-10;/h2-9,18H,1H3;1H2. The number of hydrogen-bond acceptors (Lipinski definition) is 4. The van der Waals surface area contributed by atoms with Crippen LogP contribution in [0.5, 0.6) is 11.5 Å². The SMILES string of the molecule is COc1ccc2oc(-c3ccccc3)cc(=O)c2c1O.O. The summed E-state index contributed by atoms with van der Waals surface area (Å²) in [6.07, 6.45) is 0. The predicted molar refractivity (Wildman–Crippen MR) is 79.8 cm³/mol. The molecule has 0 aliphatic carbocycles. The van der Waals surface area contributed by atoms with Gasteiger partial charge in [0.1, 0.15) is 16.7 Å². The van der Waals surface area contributed by atoms with E-state index in [-0.39, 0.29) is 27.8 Å². The highest BCUT2D eigenvalue weighted by Crippen LogP contribution is 2.33. The van der Waals surface area contributed by atoms with Gasteiger partial charge in [0.05, 0.1) is 7.11 Å². The van der Waals surface area contributed by atoms with Crippen LogP contribution >= 0.6 is 0 Å². The Balaban J connectivity index is 0.00000161. The van der Waals surface area contributed by atoms with E-state index in [1.165, 1.54) is 13.2 Å². The van der Waals surface area contributed by atoms with E-state index in [1.807, 2.05) is 30.3 Å². The van der Waals surface area contributed by atoms with Crippen molar-refractivity contribution in [3.05, 3.63) is 58.8 Å². The van der Waals surface area contributed by atoms with Gasteiger partial charge in [-0.3, -0.25) is 4.79 Å². The zero-order valence-corrected chi connectivity index (χ0v) is 11.3. The maximum atomic E-state index is 12.2. The minimum Gasteiger partial charge on any atom is -0.504 e. The van der Waals surface area contributed by atoms with E-state index in [9.17, 15) is 9.90 Å². The van der Waals surface area contributed by atoms with Gasteiger partial charge < -0.3 is 19.7 Å². The lowest BCUT2D eigenvalue weighted by molar-refractivity contribution is 0.376. The molecule has 0 aliphatic rings. The molecule has 0 aliphatic heterocycles. The number of phenols is 1. The van der Waals surface area contributed by atoms with Crippen LogP contribution in [0.2, 0.25) is 0 Å². The summed E-state index contributed by atoms with van der Waals surface area (Å²) in [4.78, 5) is 12.2. The highest BCUT2D eigenvalue weighted by molar-refractivity contribution is 5.87. The molecule has 2 aromatic carbocycles. The summed E-state index contributed by atoms with van der Waals surface area (Å²) < 4.78 is 10.7. The van der Waals surface area contributed by atoms with E-state index in [0.29, 0.717) is 11.3 Å². The minimum absolute atomic E-state index is 0. The Kier molecular flexibility index (Phi) is 3.95. The molecule has 0 unspecified atom stereocenters. The number of benzene rings is 2. The first-order chi connectivity index (χ1) is 9.70. The molecule has 1 aromatic heterocycles. The van der Waals surface area contributed by atoms with Gasteiger partial charge in [0, 0.05) is 11.6 Å². The highest BCUT2D eigenvalue weighted by atomic mass is 16.5. The van der Waals surface area contributed by atoms with Crippen molar-refractivity contribution >= 4 is 11.0 Å². The molecule has 0 radical (unpaired) electrons. The monoisotopic (exact) mass is 286 g/mol. The van der Waals surface area contributed by atoms with Gasteiger partial charge in [0.25, 0.3) is 0 Å². The van der Waals surface area contributed by atoms with Gasteiger partial charge in [-0.2, -0.15) is 0 Å². The van der Waals surface area contributed by atoms with E-state index in [4.69, 9.17) is 9.15 Å². The van der Waals surface area contributed by atoms with Gasteiger partial charge in [-0.05, 0) is 12.1 Å². The second kappa shape index (κ2) is 5.68. The molecular weight excluding hydrogens is 272 g/mol. The summed E-state index contributed by atoms with van der Waals surface area (Å²) in [6, 6.07) is 13.9. The second-order valence-corrected chi connectivity index (χ2v) is 4.33. The zero-order valence-electron chi connectivity index (χ0n) is 11.3. The third-order valence-electron chi connectivity index (χ3n) is 3.11. The molecule has 21 heavy (non-hydrogen) atoms. The van der Waals surface area contributed by atoms with Crippen LogP contribution in [-0.2, 0) is 0 Å². The van der Waals surface area contributed by atoms with Crippen LogP contribution in [0.4, 0.5) is 0 Å². The normalized spacial score (nSPS) is 10.1. The molecule has 0 amide bonds. The molecule has 0 saturated heterocycles. The number of fused-ring (bicyclic) bond motifs is 1. The zero-order chi connectivity index (χ0) is 14.1. The smallest absolute Gasteiger partial charge is 0.197 e. The molecular formula is C16H14O5. The van der Waals surface area contributed by atoms with Crippen molar-refractivity contribution in [2.24, 2.45) is 0 Å². The van der Waals surface area contributed by atoms with Crippen molar-refractivity contribution in [3.63, 3.8) is 0 Å². The van der Waals surface area contributed by atoms with Gasteiger partial charge in [0.2, 0.25) is 0 Å². The third-order valence-corrected chi connectivity index (χ3v) is 3.11.